The first kappa shape index (κ1) is 14.0. The Morgan fingerprint density at radius 2 is 1.64 bits per heavy atom. The Bertz CT molecular complexity index is 561. The van der Waals surface area contributed by atoms with Gasteiger partial charge in [0.25, 0.3) is 0 Å². The van der Waals surface area contributed by atoms with Crippen LogP contribution in [0, 0.1) is 30.1 Å². The molecule has 4 heteroatoms. The van der Waals surface area contributed by atoms with Crippen LogP contribution in [-0.2, 0) is 0 Å². The summed E-state index contributed by atoms with van der Waals surface area (Å²) >= 11 is 0. The number of anilines is 2. The van der Waals surface area contributed by atoms with E-state index in [9.17, 15) is 0 Å². The van der Waals surface area contributed by atoms with E-state index in [-0.39, 0.29) is 5.95 Å². The average Bonchev–Trinajstić information content (AvgIpc) is 2.40. The summed E-state index contributed by atoms with van der Waals surface area (Å²) < 4.78 is 0. The van der Waals surface area contributed by atoms with Crippen LogP contribution in [-0.4, -0.2) is 9.97 Å². The second kappa shape index (κ2) is 4.97. The molecule has 4 saturated carbocycles. The van der Waals surface area contributed by atoms with E-state index in [1.54, 1.807) is 0 Å². The van der Waals surface area contributed by atoms with Gasteiger partial charge in [-0.25, -0.2) is 4.98 Å². The molecule has 0 saturated heterocycles. The van der Waals surface area contributed by atoms with Gasteiger partial charge in [-0.2, -0.15) is 4.98 Å². The van der Waals surface area contributed by atoms with Crippen molar-refractivity contribution in [2.75, 3.05) is 11.5 Å². The fourth-order valence-corrected chi connectivity index (χ4v) is 5.80. The van der Waals surface area contributed by atoms with E-state index in [1.165, 1.54) is 44.9 Å². The maximum atomic E-state index is 5.99. The van der Waals surface area contributed by atoms with Crippen molar-refractivity contribution in [3.63, 3.8) is 0 Å². The fraction of sp³-hybridized carbons (Fsp3) is 0.667. The second-order valence-electron chi connectivity index (χ2n) is 7.99. The van der Waals surface area contributed by atoms with Crippen molar-refractivity contribution in [2.24, 2.45) is 23.2 Å². The molecule has 4 bridgehead atoms. The predicted octanol–water partition coefficient (Wildman–Crippen LogP) is 3.57. The molecule has 4 aliphatic carbocycles. The van der Waals surface area contributed by atoms with E-state index < -0.39 is 0 Å². The molecule has 4 aliphatic rings. The van der Waals surface area contributed by atoms with Crippen LogP contribution in [0.15, 0.2) is 6.08 Å². The number of allylic oxidation sites excluding steroid dienone is 1. The van der Waals surface area contributed by atoms with E-state index in [4.69, 9.17) is 11.5 Å². The Kier molecular flexibility index (Phi) is 3.17. The van der Waals surface area contributed by atoms with Gasteiger partial charge in [0.1, 0.15) is 5.82 Å². The molecular formula is C18H26N4. The molecule has 5 rings (SSSR count). The quantitative estimate of drug-likeness (QED) is 0.894. The molecule has 0 radical (unpaired) electrons. The van der Waals surface area contributed by atoms with Crippen LogP contribution in [0.2, 0.25) is 0 Å². The molecule has 4 N–H and O–H groups in total. The molecule has 0 aromatic carbocycles. The first-order valence-corrected chi connectivity index (χ1v) is 8.59. The summed E-state index contributed by atoms with van der Waals surface area (Å²) in [4.78, 5) is 8.29. The van der Waals surface area contributed by atoms with Gasteiger partial charge in [0, 0.05) is 5.56 Å². The number of aromatic nitrogens is 2. The zero-order valence-corrected chi connectivity index (χ0v) is 13.4. The monoisotopic (exact) mass is 298 g/mol. The third-order valence-electron chi connectivity index (χ3n) is 6.18. The highest BCUT2D eigenvalue weighted by molar-refractivity contribution is 5.64. The zero-order chi connectivity index (χ0) is 15.3. The van der Waals surface area contributed by atoms with Crippen molar-refractivity contribution in [3.05, 3.63) is 17.3 Å². The van der Waals surface area contributed by atoms with Crippen molar-refractivity contribution in [3.8, 4) is 0 Å². The van der Waals surface area contributed by atoms with Gasteiger partial charge in [-0.05, 0) is 75.0 Å². The van der Waals surface area contributed by atoms with Gasteiger partial charge in [-0.3, -0.25) is 0 Å². The minimum absolute atomic E-state index is 0.258. The van der Waals surface area contributed by atoms with Crippen molar-refractivity contribution in [1.29, 1.82) is 0 Å². The van der Waals surface area contributed by atoms with Crippen LogP contribution in [0.4, 0.5) is 11.8 Å². The number of hydrogen-bond acceptors (Lipinski definition) is 4. The smallest absolute Gasteiger partial charge is 0.222 e. The molecule has 0 spiro atoms. The average molecular weight is 298 g/mol. The lowest BCUT2D eigenvalue weighted by molar-refractivity contribution is -0.0505. The van der Waals surface area contributed by atoms with Crippen molar-refractivity contribution in [2.45, 2.75) is 51.9 Å². The van der Waals surface area contributed by atoms with E-state index in [1.807, 2.05) is 6.92 Å². The van der Waals surface area contributed by atoms with Gasteiger partial charge >= 0.3 is 0 Å². The van der Waals surface area contributed by atoms with Crippen LogP contribution < -0.4 is 11.5 Å². The molecule has 118 valence electrons. The Hall–Kier alpha value is -1.58. The first-order chi connectivity index (χ1) is 10.5. The van der Waals surface area contributed by atoms with Crippen LogP contribution in [0.3, 0.4) is 0 Å². The molecule has 0 amide bonds. The van der Waals surface area contributed by atoms with Crippen LogP contribution in [0.5, 0.6) is 0 Å². The maximum absolute atomic E-state index is 5.99. The van der Waals surface area contributed by atoms with E-state index in [0.717, 1.165) is 29.0 Å². The van der Waals surface area contributed by atoms with Crippen molar-refractivity contribution >= 4 is 17.8 Å². The summed E-state index contributed by atoms with van der Waals surface area (Å²) in [6, 6.07) is 0. The van der Waals surface area contributed by atoms with Gasteiger partial charge in [-0.15, -0.1) is 0 Å². The zero-order valence-electron chi connectivity index (χ0n) is 13.4. The standard InChI is InChI=1S/C18H26N4/c1-11-15(16(19)22-17(20)21-11)3-2-4-18-8-12-5-13(9-18)7-14(6-12)10-18/h2-3,12-14H,4-10H2,1H3,(H4,19,20,21,22)/b3-2+. The topological polar surface area (TPSA) is 77.8 Å². The third-order valence-corrected chi connectivity index (χ3v) is 6.18. The van der Waals surface area contributed by atoms with Gasteiger partial charge in [0.2, 0.25) is 5.95 Å². The van der Waals surface area contributed by atoms with Crippen LogP contribution >= 0.6 is 0 Å². The minimum Gasteiger partial charge on any atom is -0.383 e. The minimum atomic E-state index is 0.258. The Morgan fingerprint density at radius 1 is 1.05 bits per heavy atom. The third kappa shape index (κ3) is 2.38. The van der Waals surface area contributed by atoms with E-state index >= 15 is 0 Å². The largest absolute Gasteiger partial charge is 0.383 e. The van der Waals surface area contributed by atoms with Crippen molar-refractivity contribution in [1.82, 2.24) is 9.97 Å². The predicted molar refractivity (Wildman–Crippen MR) is 89.8 cm³/mol. The molecule has 1 aromatic heterocycles. The highest BCUT2D eigenvalue weighted by Crippen LogP contribution is 2.61. The van der Waals surface area contributed by atoms with Crippen LogP contribution in [0.25, 0.3) is 6.08 Å². The van der Waals surface area contributed by atoms with E-state index in [2.05, 4.69) is 22.1 Å². The van der Waals surface area contributed by atoms with Gasteiger partial charge in [0.15, 0.2) is 0 Å². The Morgan fingerprint density at radius 3 is 2.18 bits per heavy atom. The summed E-state index contributed by atoms with van der Waals surface area (Å²) in [7, 11) is 0. The Balaban J connectivity index is 1.51. The van der Waals surface area contributed by atoms with E-state index in [0.29, 0.717) is 11.2 Å². The molecule has 22 heavy (non-hydrogen) atoms. The lowest BCUT2D eigenvalue weighted by Crippen LogP contribution is -2.45. The summed E-state index contributed by atoms with van der Waals surface area (Å²) in [6.07, 6.45) is 14.4. The molecular weight excluding hydrogens is 272 g/mol. The summed E-state index contributed by atoms with van der Waals surface area (Å²) in [5.41, 5.74) is 14.0. The lowest BCUT2D eigenvalue weighted by atomic mass is 9.49. The molecule has 1 aromatic rings. The number of nitrogens with two attached hydrogens (primary N) is 2. The normalized spacial score (nSPS) is 36.3. The number of aryl methyl sites for hydroxylation is 1. The van der Waals surface area contributed by atoms with Gasteiger partial charge in [-0.1, -0.05) is 12.2 Å². The second-order valence-corrected chi connectivity index (χ2v) is 7.99. The Labute approximate surface area is 132 Å². The maximum Gasteiger partial charge on any atom is 0.222 e. The van der Waals surface area contributed by atoms with Crippen LogP contribution in [0.1, 0.15) is 56.2 Å². The summed E-state index contributed by atoms with van der Waals surface area (Å²) in [5, 5.41) is 0. The lowest BCUT2D eigenvalue weighted by Gasteiger charge is -2.56. The number of nitrogens with zero attached hydrogens (tertiary/aromatic N) is 2. The molecule has 1 heterocycles. The van der Waals surface area contributed by atoms with Crippen molar-refractivity contribution < 1.29 is 0 Å². The highest BCUT2D eigenvalue weighted by Gasteiger charge is 2.49. The number of nitrogen functional groups attached to an aromatic ring is 2. The van der Waals surface area contributed by atoms with Gasteiger partial charge < -0.3 is 11.5 Å². The SMILES string of the molecule is Cc1nc(N)nc(N)c1/C=C/CC12CC3CC(CC(C3)C1)C2. The number of rotatable bonds is 3. The molecule has 0 aliphatic heterocycles. The van der Waals surface area contributed by atoms with Gasteiger partial charge in [0.05, 0.1) is 5.69 Å². The first-order valence-electron chi connectivity index (χ1n) is 8.59. The molecule has 4 fully saturated rings. The number of hydrogen-bond donors (Lipinski definition) is 2. The fourth-order valence-electron chi connectivity index (χ4n) is 5.80. The summed E-state index contributed by atoms with van der Waals surface area (Å²) in [5.74, 6) is 3.77. The highest BCUT2D eigenvalue weighted by atomic mass is 15.0. The summed E-state index contributed by atoms with van der Waals surface area (Å²) in [6.45, 7) is 1.94. The molecule has 0 unspecified atom stereocenters. The molecule has 4 nitrogen and oxygen atoms in total. The molecule has 0 atom stereocenters.